The topological polar surface area (TPSA) is 218 Å². The number of imidazole rings is 1. The van der Waals surface area contributed by atoms with Crippen LogP contribution >= 0.6 is 0 Å². The lowest BCUT2D eigenvalue weighted by Crippen LogP contribution is -2.54. The minimum atomic E-state index is -1.01. The summed E-state index contributed by atoms with van der Waals surface area (Å²) in [5.41, 5.74) is 3.43. The smallest absolute Gasteiger partial charge is 0.262 e. The molecule has 3 saturated heterocycles. The van der Waals surface area contributed by atoms with Gasteiger partial charge in [-0.1, -0.05) is 18.2 Å². The summed E-state index contributed by atoms with van der Waals surface area (Å²) in [4.78, 5) is 82.4. The Hall–Kier alpha value is -6.83. The van der Waals surface area contributed by atoms with Crippen molar-refractivity contribution < 1.29 is 37.8 Å². The number of pyridine rings is 1. The second-order valence-corrected chi connectivity index (χ2v) is 16.2. The Bertz CT molecular complexity index is 2450. The first-order valence-electron chi connectivity index (χ1n) is 21.9. The molecular weight excluding hydrogens is 838 g/mol. The number of nitrogens with one attached hydrogen (secondary N) is 5. The van der Waals surface area contributed by atoms with E-state index in [1.54, 1.807) is 48.7 Å². The number of anilines is 2. The normalized spacial score (nSPS) is 19.0. The predicted octanol–water partition coefficient (Wildman–Crippen LogP) is 3.22. The van der Waals surface area contributed by atoms with E-state index in [0.717, 1.165) is 47.1 Å². The molecule has 1 unspecified atom stereocenters. The van der Waals surface area contributed by atoms with Crippen LogP contribution in [0.15, 0.2) is 72.9 Å². The fourth-order valence-corrected chi connectivity index (χ4v) is 8.50. The van der Waals surface area contributed by atoms with Crippen molar-refractivity contribution in [1.82, 2.24) is 40.3 Å². The second kappa shape index (κ2) is 20.8. The molecule has 5 amide bonds. The number of imide groups is 2. The summed E-state index contributed by atoms with van der Waals surface area (Å²) in [5.74, 6) is -0.731. The van der Waals surface area contributed by atoms with Crippen LogP contribution in [0.5, 0.6) is 0 Å². The molecule has 3 fully saturated rings. The van der Waals surface area contributed by atoms with Crippen molar-refractivity contribution in [2.45, 2.75) is 37.8 Å². The third-order valence-electron chi connectivity index (χ3n) is 11.8. The van der Waals surface area contributed by atoms with Crippen molar-refractivity contribution in [2.24, 2.45) is 0 Å². The molecule has 340 valence electrons. The molecule has 4 aliphatic heterocycles. The number of likely N-dealkylation sites (tertiary alicyclic amines) is 1. The molecule has 0 spiro atoms. The summed E-state index contributed by atoms with van der Waals surface area (Å²) in [6, 6.07) is 16.2. The molecular formula is C46H52FN11O7. The van der Waals surface area contributed by atoms with Crippen molar-refractivity contribution in [2.75, 3.05) is 89.0 Å². The SMILES string of the molecule is N=C(/C=C\c1ncc(-c2cccc(N3CCN(CC(=O)NCCOCCOCCNc4ccc5c(c4)C(=O)N(C4CCC(=O)NC4=O)C5=O)CC3)n2)[nH]1)N1CCC[C@@H]1c1cccc(F)c1. The lowest BCUT2D eigenvalue weighted by atomic mass is 10.0. The molecule has 4 aromatic rings. The number of halogens is 1. The van der Waals surface area contributed by atoms with Crippen LogP contribution in [0.4, 0.5) is 15.9 Å². The Balaban J connectivity index is 0.680. The molecule has 2 aromatic carbocycles. The van der Waals surface area contributed by atoms with Gasteiger partial charge in [-0.15, -0.1) is 0 Å². The maximum absolute atomic E-state index is 13.9. The Morgan fingerprint density at radius 3 is 2.46 bits per heavy atom. The number of carbonyl (C=O) groups is 5. The summed E-state index contributed by atoms with van der Waals surface area (Å²) in [7, 11) is 0. The van der Waals surface area contributed by atoms with E-state index >= 15 is 0 Å². The quantitative estimate of drug-likeness (QED) is 0.0420. The van der Waals surface area contributed by atoms with Crippen molar-refractivity contribution in [3.8, 4) is 11.4 Å². The third-order valence-corrected chi connectivity index (χ3v) is 11.8. The summed E-state index contributed by atoms with van der Waals surface area (Å²) >= 11 is 0. The number of hydrogen-bond donors (Lipinski definition) is 5. The van der Waals surface area contributed by atoms with Gasteiger partial charge in [-0.25, -0.2) is 14.4 Å². The number of piperazine rings is 1. The van der Waals surface area contributed by atoms with Gasteiger partial charge in [-0.05, 0) is 79.4 Å². The summed E-state index contributed by atoms with van der Waals surface area (Å²) in [6.07, 6.45) is 7.19. The molecule has 5 N–H and O–H groups in total. The fourth-order valence-electron chi connectivity index (χ4n) is 8.50. The number of carbonyl (C=O) groups excluding carboxylic acids is 5. The Labute approximate surface area is 375 Å². The number of rotatable bonds is 18. The third kappa shape index (κ3) is 10.9. The number of aromatic amines is 1. The summed E-state index contributed by atoms with van der Waals surface area (Å²) in [6.45, 7) is 6.08. The molecule has 6 heterocycles. The zero-order chi connectivity index (χ0) is 45.3. The second-order valence-electron chi connectivity index (χ2n) is 16.2. The van der Waals surface area contributed by atoms with Crippen molar-refractivity contribution in [3.63, 3.8) is 0 Å². The van der Waals surface area contributed by atoms with E-state index < -0.39 is 29.7 Å². The Morgan fingerprint density at radius 2 is 1.66 bits per heavy atom. The van der Waals surface area contributed by atoms with E-state index in [1.165, 1.54) is 6.07 Å². The minimum Gasteiger partial charge on any atom is -0.383 e. The van der Waals surface area contributed by atoms with Gasteiger partial charge in [0, 0.05) is 57.9 Å². The number of amides is 5. The lowest BCUT2D eigenvalue weighted by molar-refractivity contribution is -0.136. The highest BCUT2D eigenvalue weighted by atomic mass is 19.1. The van der Waals surface area contributed by atoms with E-state index in [4.69, 9.17) is 19.9 Å². The lowest BCUT2D eigenvalue weighted by Gasteiger charge is -2.35. The average Bonchev–Trinajstić information content (AvgIpc) is 4.06. The number of hydrogen-bond acceptors (Lipinski definition) is 13. The summed E-state index contributed by atoms with van der Waals surface area (Å²) in [5, 5.41) is 17.0. The van der Waals surface area contributed by atoms with E-state index in [-0.39, 0.29) is 48.3 Å². The number of fused-ring (bicyclic) bond motifs is 1. The highest BCUT2D eigenvalue weighted by Crippen LogP contribution is 2.33. The van der Waals surface area contributed by atoms with Gasteiger partial charge < -0.3 is 34.9 Å². The largest absolute Gasteiger partial charge is 0.383 e. The number of ether oxygens (including phenoxy) is 2. The highest BCUT2D eigenvalue weighted by Gasteiger charge is 2.44. The first-order valence-corrected chi connectivity index (χ1v) is 21.9. The summed E-state index contributed by atoms with van der Waals surface area (Å²) < 4.78 is 25.1. The Morgan fingerprint density at radius 1 is 0.877 bits per heavy atom. The zero-order valence-corrected chi connectivity index (χ0v) is 35.9. The van der Waals surface area contributed by atoms with Gasteiger partial charge in [-0.2, -0.15) is 0 Å². The van der Waals surface area contributed by atoms with Gasteiger partial charge in [0.25, 0.3) is 11.8 Å². The molecule has 0 radical (unpaired) electrons. The monoisotopic (exact) mass is 889 g/mol. The molecule has 4 aliphatic rings. The molecule has 0 aliphatic carbocycles. The van der Waals surface area contributed by atoms with Crippen LogP contribution in [0.3, 0.4) is 0 Å². The van der Waals surface area contributed by atoms with Crippen molar-refractivity contribution in [3.05, 3.63) is 101 Å². The molecule has 65 heavy (non-hydrogen) atoms. The maximum Gasteiger partial charge on any atom is 0.262 e. The molecule has 18 nitrogen and oxygen atoms in total. The minimum absolute atomic E-state index is 0.0295. The highest BCUT2D eigenvalue weighted by molar-refractivity contribution is 6.23. The first-order chi connectivity index (χ1) is 31.6. The van der Waals surface area contributed by atoms with Crippen LogP contribution in [-0.2, 0) is 23.9 Å². The van der Waals surface area contributed by atoms with Gasteiger partial charge in [0.2, 0.25) is 17.7 Å². The van der Waals surface area contributed by atoms with E-state index in [0.29, 0.717) is 83.0 Å². The molecule has 19 heteroatoms. The van der Waals surface area contributed by atoms with E-state index in [2.05, 4.69) is 35.7 Å². The number of H-pyrrole nitrogens is 1. The fraction of sp³-hybridized carbons (Fsp3) is 0.391. The number of piperidine rings is 1. The van der Waals surface area contributed by atoms with Crippen LogP contribution in [0, 0.1) is 11.2 Å². The number of nitrogens with zero attached hydrogens (tertiary/aromatic N) is 6. The van der Waals surface area contributed by atoms with Gasteiger partial charge in [0.1, 0.15) is 29.3 Å². The van der Waals surface area contributed by atoms with Crippen LogP contribution in [0.2, 0.25) is 0 Å². The average molecular weight is 890 g/mol. The zero-order valence-electron chi connectivity index (χ0n) is 35.9. The molecule has 0 bridgehead atoms. The Kier molecular flexibility index (Phi) is 14.3. The first kappa shape index (κ1) is 44.8. The van der Waals surface area contributed by atoms with Crippen molar-refractivity contribution in [1.29, 1.82) is 5.41 Å². The van der Waals surface area contributed by atoms with Crippen LogP contribution in [0.25, 0.3) is 17.5 Å². The van der Waals surface area contributed by atoms with Gasteiger partial charge >= 0.3 is 0 Å². The predicted molar refractivity (Wildman–Crippen MR) is 239 cm³/mol. The van der Waals surface area contributed by atoms with Gasteiger partial charge in [0.15, 0.2) is 0 Å². The van der Waals surface area contributed by atoms with Gasteiger partial charge in [-0.3, -0.25) is 44.5 Å². The van der Waals surface area contributed by atoms with Crippen LogP contribution < -0.4 is 20.9 Å². The van der Waals surface area contributed by atoms with E-state index in [1.807, 2.05) is 29.2 Å². The van der Waals surface area contributed by atoms with Gasteiger partial charge in [0.05, 0.1) is 67.7 Å². The molecule has 8 rings (SSSR count). The number of benzene rings is 2. The van der Waals surface area contributed by atoms with Crippen LogP contribution in [0.1, 0.15) is 63.8 Å². The molecule has 2 aromatic heterocycles. The number of amidine groups is 1. The van der Waals surface area contributed by atoms with E-state index in [9.17, 15) is 28.4 Å². The molecule has 2 atom stereocenters. The standard InChI is InChI=1S/C46H52FN11O7/c47-31-5-1-4-30(26-31)37-7-3-17-57(37)39(48)12-13-40-51-28-36(52-40)35-6-2-8-41(53-35)56-20-18-55(19-21-56)29-43(60)50-16-23-65-25-24-64-22-15-49-32-9-10-33-34(27-32)46(63)58(45(33)62)38-11-14-42(59)54-44(38)61/h1-2,4-6,8-10,12-13,26-28,37-38,48-49H,3,7,11,14-25,29H2,(H,50,60)(H,51,52)(H,54,59,61)/b13-12-,48-39?/t37-,38?/m1/s1. The van der Waals surface area contributed by atoms with Crippen LogP contribution in [-0.4, -0.2) is 150 Å². The van der Waals surface area contributed by atoms with Crippen molar-refractivity contribution >= 4 is 53.0 Å². The number of aromatic nitrogens is 3. The molecule has 0 saturated carbocycles. The maximum atomic E-state index is 13.9.